The highest BCUT2D eigenvalue weighted by Gasteiger charge is 2.24. The number of carbonyl (C=O) groups excluding carboxylic acids is 1. The second kappa shape index (κ2) is 6.95. The summed E-state index contributed by atoms with van der Waals surface area (Å²) < 4.78 is 1.91. The molecule has 2 N–H and O–H groups in total. The lowest BCUT2D eigenvalue weighted by Gasteiger charge is -2.24. The Bertz CT molecular complexity index is 705. The van der Waals surface area contributed by atoms with Crippen LogP contribution < -0.4 is 15.5 Å². The quantitative estimate of drug-likeness (QED) is 0.906. The number of nitrogens with one attached hydrogen (secondary N) is 2. The fourth-order valence-corrected chi connectivity index (χ4v) is 3.16. The molecule has 128 valence electrons. The summed E-state index contributed by atoms with van der Waals surface area (Å²) in [5.74, 6) is 0. The average Bonchev–Trinajstić information content (AvgIpc) is 2.96. The summed E-state index contributed by atoms with van der Waals surface area (Å²) in [5.41, 5.74) is 4.61. The van der Waals surface area contributed by atoms with E-state index in [4.69, 9.17) is 0 Å². The lowest BCUT2D eigenvalue weighted by atomic mass is 9.93. The van der Waals surface area contributed by atoms with Crippen molar-refractivity contribution in [1.82, 2.24) is 20.4 Å². The van der Waals surface area contributed by atoms with Gasteiger partial charge in [-0.25, -0.2) is 4.79 Å². The molecule has 0 aliphatic heterocycles. The molecule has 3 rings (SSSR count). The van der Waals surface area contributed by atoms with Gasteiger partial charge in [0.15, 0.2) is 0 Å². The summed E-state index contributed by atoms with van der Waals surface area (Å²) in [7, 11) is 5.98. The Labute approximate surface area is 142 Å². The maximum atomic E-state index is 12.2. The van der Waals surface area contributed by atoms with Crippen molar-refractivity contribution in [2.75, 3.05) is 19.0 Å². The number of fused-ring (bicyclic) bond motifs is 1. The van der Waals surface area contributed by atoms with Crippen LogP contribution in [0.5, 0.6) is 0 Å². The zero-order chi connectivity index (χ0) is 17.1. The van der Waals surface area contributed by atoms with E-state index in [0.29, 0.717) is 6.54 Å². The summed E-state index contributed by atoms with van der Waals surface area (Å²) in [6.07, 6.45) is 4.94. The third kappa shape index (κ3) is 3.53. The molecule has 0 saturated heterocycles. The molecule has 1 heterocycles. The number of hydrogen-bond acceptors (Lipinski definition) is 3. The highest BCUT2D eigenvalue weighted by atomic mass is 16.2. The Morgan fingerprint density at radius 2 is 2.08 bits per heavy atom. The molecule has 2 aromatic rings. The standard InChI is InChI=1S/C18H25N5O/c1-22(2)14-9-7-13(8-10-14)11-19-18(24)21-16-5-4-6-17-15(16)12-20-23(17)3/h7-10,12,16H,4-6,11H2,1-3H3,(H2,19,21,24). The lowest BCUT2D eigenvalue weighted by molar-refractivity contribution is 0.235. The van der Waals surface area contributed by atoms with Gasteiger partial charge < -0.3 is 15.5 Å². The molecule has 0 bridgehead atoms. The van der Waals surface area contributed by atoms with Crippen molar-refractivity contribution >= 4 is 11.7 Å². The van der Waals surface area contributed by atoms with Crippen LogP contribution in [-0.4, -0.2) is 29.9 Å². The van der Waals surface area contributed by atoms with Gasteiger partial charge in [-0.3, -0.25) is 4.68 Å². The molecule has 0 spiro atoms. The summed E-state index contributed by atoms with van der Waals surface area (Å²) >= 11 is 0. The molecule has 1 aromatic heterocycles. The Morgan fingerprint density at radius 3 is 2.79 bits per heavy atom. The van der Waals surface area contributed by atoms with Crippen LogP contribution in [0, 0.1) is 0 Å². The smallest absolute Gasteiger partial charge is 0.315 e. The van der Waals surface area contributed by atoms with Crippen molar-refractivity contribution in [2.45, 2.75) is 31.8 Å². The van der Waals surface area contributed by atoms with Crippen LogP contribution in [-0.2, 0) is 20.0 Å². The fourth-order valence-electron chi connectivity index (χ4n) is 3.16. The largest absolute Gasteiger partial charge is 0.378 e. The van der Waals surface area contributed by atoms with Crippen LogP contribution >= 0.6 is 0 Å². The van der Waals surface area contributed by atoms with Crippen molar-refractivity contribution in [3.05, 3.63) is 47.3 Å². The molecular formula is C18H25N5O. The van der Waals surface area contributed by atoms with Crippen LogP contribution in [0.25, 0.3) is 0 Å². The van der Waals surface area contributed by atoms with E-state index < -0.39 is 0 Å². The van der Waals surface area contributed by atoms with Crippen molar-refractivity contribution in [1.29, 1.82) is 0 Å². The maximum Gasteiger partial charge on any atom is 0.315 e. The van der Waals surface area contributed by atoms with E-state index >= 15 is 0 Å². The first-order chi connectivity index (χ1) is 11.5. The SMILES string of the molecule is CN(C)c1ccc(CNC(=O)NC2CCCc3c2cnn3C)cc1. The molecule has 0 radical (unpaired) electrons. The van der Waals surface area contributed by atoms with E-state index in [2.05, 4.69) is 32.8 Å². The molecule has 1 unspecified atom stereocenters. The molecule has 0 saturated carbocycles. The minimum absolute atomic E-state index is 0.0542. The monoisotopic (exact) mass is 327 g/mol. The molecule has 1 atom stereocenters. The van der Waals surface area contributed by atoms with Crippen molar-refractivity contribution in [3.8, 4) is 0 Å². The lowest BCUT2D eigenvalue weighted by Crippen LogP contribution is -2.38. The number of urea groups is 1. The number of rotatable bonds is 4. The van der Waals surface area contributed by atoms with E-state index in [1.807, 2.05) is 44.2 Å². The van der Waals surface area contributed by atoms with Gasteiger partial charge >= 0.3 is 6.03 Å². The van der Waals surface area contributed by atoms with E-state index in [0.717, 1.165) is 36.1 Å². The Hall–Kier alpha value is -2.50. The topological polar surface area (TPSA) is 62.2 Å². The molecular weight excluding hydrogens is 302 g/mol. The van der Waals surface area contributed by atoms with Crippen LogP contribution in [0.3, 0.4) is 0 Å². The van der Waals surface area contributed by atoms with Crippen molar-refractivity contribution < 1.29 is 4.79 Å². The second-order valence-corrected chi connectivity index (χ2v) is 6.50. The molecule has 6 nitrogen and oxygen atoms in total. The molecule has 1 aliphatic rings. The zero-order valence-electron chi connectivity index (χ0n) is 14.5. The number of aryl methyl sites for hydroxylation is 1. The predicted octanol–water partition coefficient (Wildman–Crippen LogP) is 2.36. The number of nitrogens with zero attached hydrogens (tertiary/aromatic N) is 3. The Kier molecular flexibility index (Phi) is 4.74. The third-order valence-corrected chi connectivity index (χ3v) is 4.59. The van der Waals surface area contributed by atoms with Gasteiger partial charge in [0.1, 0.15) is 0 Å². The van der Waals surface area contributed by atoms with Crippen molar-refractivity contribution in [3.63, 3.8) is 0 Å². The number of benzene rings is 1. The van der Waals surface area contributed by atoms with Gasteiger partial charge in [0, 0.05) is 44.6 Å². The van der Waals surface area contributed by atoms with Gasteiger partial charge in [-0.15, -0.1) is 0 Å². The molecule has 24 heavy (non-hydrogen) atoms. The van der Waals surface area contributed by atoms with Gasteiger partial charge in [-0.05, 0) is 37.0 Å². The predicted molar refractivity (Wildman–Crippen MR) is 95.0 cm³/mol. The van der Waals surface area contributed by atoms with Crippen LogP contribution in [0.15, 0.2) is 30.5 Å². The highest BCUT2D eigenvalue weighted by molar-refractivity contribution is 5.74. The van der Waals surface area contributed by atoms with Crippen LogP contribution in [0.1, 0.15) is 35.7 Å². The number of anilines is 1. The first-order valence-corrected chi connectivity index (χ1v) is 8.36. The number of aromatic nitrogens is 2. The molecule has 1 aromatic carbocycles. The zero-order valence-corrected chi connectivity index (χ0v) is 14.5. The van der Waals surface area contributed by atoms with E-state index in [1.54, 1.807) is 0 Å². The maximum absolute atomic E-state index is 12.2. The highest BCUT2D eigenvalue weighted by Crippen LogP contribution is 2.28. The van der Waals surface area contributed by atoms with Gasteiger partial charge in [0.05, 0.1) is 12.2 Å². The number of carbonyl (C=O) groups is 1. The molecule has 1 aliphatic carbocycles. The second-order valence-electron chi connectivity index (χ2n) is 6.50. The van der Waals surface area contributed by atoms with Gasteiger partial charge in [0.25, 0.3) is 0 Å². The summed E-state index contributed by atoms with van der Waals surface area (Å²) in [5, 5.41) is 10.3. The molecule has 6 heteroatoms. The summed E-state index contributed by atoms with van der Waals surface area (Å²) in [6, 6.07) is 8.10. The number of amides is 2. The first kappa shape index (κ1) is 16.4. The Balaban J connectivity index is 1.55. The van der Waals surface area contributed by atoms with E-state index in [-0.39, 0.29) is 12.1 Å². The van der Waals surface area contributed by atoms with E-state index in [9.17, 15) is 4.79 Å². The van der Waals surface area contributed by atoms with E-state index in [1.165, 1.54) is 5.69 Å². The summed E-state index contributed by atoms with van der Waals surface area (Å²) in [6.45, 7) is 0.520. The minimum Gasteiger partial charge on any atom is -0.378 e. The van der Waals surface area contributed by atoms with Gasteiger partial charge in [-0.2, -0.15) is 5.10 Å². The fraction of sp³-hybridized carbons (Fsp3) is 0.444. The summed E-state index contributed by atoms with van der Waals surface area (Å²) in [4.78, 5) is 14.3. The van der Waals surface area contributed by atoms with Crippen LogP contribution in [0.2, 0.25) is 0 Å². The number of hydrogen-bond donors (Lipinski definition) is 2. The van der Waals surface area contributed by atoms with Crippen LogP contribution in [0.4, 0.5) is 10.5 Å². The van der Waals surface area contributed by atoms with Gasteiger partial charge in [0.2, 0.25) is 0 Å². The van der Waals surface area contributed by atoms with Crippen molar-refractivity contribution in [2.24, 2.45) is 7.05 Å². The normalized spacial score (nSPS) is 16.4. The van der Waals surface area contributed by atoms with Gasteiger partial charge in [-0.1, -0.05) is 12.1 Å². The average molecular weight is 327 g/mol. The third-order valence-electron chi connectivity index (χ3n) is 4.59. The minimum atomic E-state index is -0.131. The molecule has 2 amide bonds. The Morgan fingerprint density at radius 1 is 1.33 bits per heavy atom. The molecule has 0 fully saturated rings. The first-order valence-electron chi connectivity index (χ1n) is 8.36.